The normalized spacial score (nSPS) is 21.9. The summed E-state index contributed by atoms with van der Waals surface area (Å²) in [5, 5.41) is 9.23. The Bertz CT molecular complexity index is 576. The molecule has 1 amide bonds. The van der Waals surface area contributed by atoms with Crippen LogP contribution in [-0.4, -0.2) is 60.2 Å². The summed E-state index contributed by atoms with van der Waals surface area (Å²) in [5.74, 6) is 0.319. The molecule has 1 atom stereocenters. The van der Waals surface area contributed by atoms with Crippen LogP contribution in [0.1, 0.15) is 34.5 Å². The summed E-state index contributed by atoms with van der Waals surface area (Å²) in [6.07, 6.45) is 3.79. The Morgan fingerprint density at radius 2 is 2.27 bits per heavy atom. The monoisotopic (exact) mass is 304 g/mol. The maximum absolute atomic E-state index is 11.8. The first-order chi connectivity index (χ1) is 10.6. The molecule has 22 heavy (non-hydrogen) atoms. The molecule has 6 heteroatoms. The summed E-state index contributed by atoms with van der Waals surface area (Å²) < 4.78 is 0. The molecule has 1 aliphatic heterocycles. The van der Waals surface area contributed by atoms with Gasteiger partial charge in [0.1, 0.15) is 5.82 Å². The predicted octanol–water partition coefficient (Wildman–Crippen LogP) is 0.172. The van der Waals surface area contributed by atoms with Crippen molar-refractivity contribution in [2.75, 3.05) is 38.2 Å². The summed E-state index contributed by atoms with van der Waals surface area (Å²) in [5.41, 5.74) is 8.39. The number of aryl methyl sites for hydroxylation is 2. The van der Waals surface area contributed by atoms with Gasteiger partial charge in [-0.05, 0) is 44.4 Å². The maximum atomic E-state index is 11.8. The van der Waals surface area contributed by atoms with E-state index in [9.17, 15) is 9.90 Å². The summed E-state index contributed by atoms with van der Waals surface area (Å²) >= 11 is 0. The van der Waals surface area contributed by atoms with Gasteiger partial charge in [0.2, 0.25) is 0 Å². The van der Waals surface area contributed by atoms with E-state index in [0.29, 0.717) is 5.56 Å². The van der Waals surface area contributed by atoms with Gasteiger partial charge in [-0.25, -0.2) is 4.98 Å². The Kier molecular flexibility index (Phi) is 4.31. The van der Waals surface area contributed by atoms with E-state index in [4.69, 9.17) is 10.7 Å². The molecule has 1 fully saturated rings. The van der Waals surface area contributed by atoms with E-state index in [-0.39, 0.29) is 12.6 Å². The Balaban J connectivity index is 1.91. The van der Waals surface area contributed by atoms with Crippen molar-refractivity contribution in [3.8, 4) is 0 Å². The van der Waals surface area contributed by atoms with Gasteiger partial charge in [0.05, 0.1) is 5.56 Å². The van der Waals surface area contributed by atoms with E-state index in [0.717, 1.165) is 56.8 Å². The van der Waals surface area contributed by atoms with Gasteiger partial charge in [0.25, 0.3) is 5.91 Å². The van der Waals surface area contributed by atoms with Crippen molar-refractivity contribution in [2.45, 2.75) is 31.7 Å². The average Bonchev–Trinajstić information content (AvgIpc) is 2.95. The van der Waals surface area contributed by atoms with Gasteiger partial charge < -0.3 is 15.7 Å². The van der Waals surface area contributed by atoms with Gasteiger partial charge in [-0.3, -0.25) is 9.69 Å². The second-order valence-corrected chi connectivity index (χ2v) is 6.28. The number of hydrogen-bond acceptors (Lipinski definition) is 5. The number of primary amides is 1. The number of aromatic nitrogens is 1. The number of anilines is 1. The van der Waals surface area contributed by atoms with Crippen molar-refractivity contribution in [1.29, 1.82) is 0 Å². The number of rotatable bonds is 4. The first kappa shape index (κ1) is 15.2. The van der Waals surface area contributed by atoms with E-state index in [2.05, 4.69) is 16.8 Å². The van der Waals surface area contributed by atoms with E-state index in [1.54, 1.807) is 0 Å². The number of likely N-dealkylation sites (N-methyl/N-ethyl adjacent to an activating group) is 1. The van der Waals surface area contributed by atoms with Crippen LogP contribution in [0.4, 0.5) is 5.82 Å². The minimum absolute atomic E-state index is 0.170. The van der Waals surface area contributed by atoms with E-state index in [1.807, 2.05) is 6.07 Å². The molecular weight excluding hydrogens is 280 g/mol. The molecule has 0 radical (unpaired) electrons. The fourth-order valence-electron chi connectivity index (χ4n) is 3.48. The summed E-state index contributed by atoms with van der Waals surface area (Å²) in [4.78, 5) is 21.0. The zero-order chi connectivity index (χ0) is 15.7. The highest BCUT2D eigenvalue weighted by molar-refractivity contribution is 5.98. The van der Waals surface area contributed by atoms with Crippen LogP contribution in [0, 0.1) is 0 Å². The van der Waals surface area contributed by atoms with Crippen molar-refractivity contribution >= 4 is 11.7 Å². The van der Waals surface area contributed by atoms with Crippen molar-refractivity contribution < 1.29 is 9.90 Å². The van der Waals surface area contributed by atoms with Crippen LogP contribution in [0.15, 0.2) is 6.07 Å². The largest absolute Gasteiger partial charge is 0.396 e. The number of piperazine rings is 1. The first-order valence-corrected chi connectivity index (χ1v) is 7.98. The molecule has 1 aromatic heterocycles. The molecule has 0 aromatic carbocycles. The fourth-order valence-corrected chi connectivity index (χ4v) is 3.48. The second kappa shape index (κ2) is 6.22. The number of nitrogens with zero attached hydrogens (tertiary/aromatic N) is 3. The molecule has 3 N–H and O–H groups in total. The molecule has 1 aliphatic carbocycles. The molecule has 1 saturated heterocycles. The van der Waals surface area contributed by atoms with E-state index < -0.39 is 5.91 Å². The lowest BCUT2D eigenvalue weighted by molar-refractivity contribution is 0.0999. The molecule has 6 nitrogen and oxygen atoms in total. The van der Waals surface area contributed by atoms with Crippen LogP contribution < -0.4 is 10.6 Å². The van der Waals surface area contributed by atoms with Gasteiger partial charge in [-0.1, -0.05) is 0 Å². The molecule has 2 aliphatic rings. The SMILES string of the molecule is CN1CCN(c2nc3c(cc2C(N)=O)CCC3)C[C@H]1CCO. The Morgan fingerprint density at radius 3 is 3.00 bits per heavy atom. The van der Waals surface area contributed by atoms with Crippen molar-refractivity contribution in [2.24, 2.45) is 5.73 Å². The number of pyridine rings is 1. The Labute approximate surface area is 130 Å². The minimum atomic E-state index is -0.408. The Hall–Kier alpha value is -1.66. The van der Waals surface area contributed by atoms with Crippen LogP contribution in [0.2, 0.25) is 0 Å². The number of nitrogens with two attached hydrogens (primary N) is 1. The zero-order valence-electron chi connectivity index (χ0n) is 13.1. The Morgan fingerprint density at radius 1 is 1.45 bits per heavy atom. The third-order valence-corrected chi connectivity index (χ3v) is 4.84. The molecular formula is C16H24N4O2. The lowest BCUT2D eigenvalue weighted by Gasteiger charge is -2.40. The topological polar surface area (TPSA) is 82.7 Å². The zero-order valence-corrected chi connectivity index (χ0v) is 13.1. The van der Waals surface area contributed by atoms with Gasteiger partial charge in [-0.15, -0.1) is 0 Å². The van der Waals surface area contributed by atoms with Crippen LogP contribution in [-0.2, 0) is 12.8 Å². The van der Waals surface area contributed by atoms with Crippen LogP contribution in [0.25, 0.3) is 0 Å². The van der Waals surface area contributed by atoms with Gasteiger partial charge in [0, 0.05) is 38.0 Å². The fraction of sp³-hybridized carbons (Fsp3) is 0.625. The highest BCUT2D eigenvalue weighted by atomic mass is 16.3. The number of aliphatic hydroxyl groups is 1. The van der Waals surface area contributed by atoms with E-state index >= 15 is 0 Å². The highest BCUT2D eigenvalue weighted by Gasteiger charge is 2.28. The molecule has 0 spiro atoms. The molecule has 3 rings (SSSR count). The predicted molar refractivity (Wildman–Crippen MR) is 85.1 cm³/mol. The third kappa shape index (κ3) is 2.80. The van der Waals surface area contributed by atoms with Gasteiger partial charge >= 0.3 is 0 Å². The summed E-state index contributed by atoms with van der Waals surface area (Å²) in [7, 11) is 2.07. The summed E-state index contributed by atoms with van der Waals surface area (Å²) in [6.45, 7) is 2.65. The smallest absolute Gasteiger partial charge is 0.252 e. The molecule has 0 bridgehead atoms. The third-order valence-electron chi connectivity index (χ3n) is 4.84. The van der Waals surface area contributed by atoms with Crippen molar-refractivity contribution in [1.82, 2.24) is 9.88 Å². The van der Waals surface area contributed by atoms with Crippen molar-refractivity contribution in [3.63, 3.8) is 0 Å². The van der Waals surface area contributed by atoms with Crippen LogP contribution in [0.3, 0.4) is 0 Å². The average molecular weight is 304 g/mol. The lowest BCUT2D eigenvalue weighted by Crippen LogP contribution is -2.52. The number of carbonyl (C=O) groups is 1. The van der Waals surface area contributed by atoms with Gasteiger partial charge in [-0.2, -0.15) is 0 Å². The summed E-state index contributed by atoms with van der Waals surface area (Å²) in [6, 6.07) is 2.21. The van der Waals surface area contributed by atoms with Crippen molar-refractivity contribution in [3.05, 3.63) is 22.9 Å². The van der Waals surface area contributed by atoms with Crippen LogP contribution >= 0.6 is 0 Å². The molecule has 0 unspecified atom stereocenters. The number of fused-ring (bicyclic) bond motifs is 1. The number of hydrogen-bond donors (Lipinski definition) is 2. The molecule has 0 saturated carbocycles. The quantitative estimate of drug-likeness (QED) is 0.829. The first-order valence-electron chi connectivity index (χ1n) is 7.98. The minimum Gasteiger partial charge on any atom is -0.396 e. The number of amides is 1. The maximum Gasteiger partial charge on any atom is 0.252 e. The number of carbonyl (C=O) groups excluding carboxylic acids is 1. The number of aliphatic hydroxyl groups excluding tert-OH is 1. The molecule has 2 heterocycles. The van der Waals surface area contributed by atoms with Gasteiger partial charge in [0.15, 0.2) is 0 Å². The van der Waals surface area contributed by atoms with E-state index in [1.165, 1.54) is 5.56 Å². The lowest BCUT2D eigenvalue weighted by atomic mass is 10.1. The standard InChI is InChI=1S/C16H24N4O2/c1-19-6-7-20(10-12(19)5-8-21)16-13(15(17)22)9-11-3-2-4-14(11)18-16/h9,12,21H,2-8,10H2,1H3,(H2,17,22)/t12-/m1/s1. The molecule has 1 aromatic rings. The highest BCUT2D eigenvalue weighted by Crippen LogP contribution is 2.28. The second-order valence-electron chi connectivity index (χ2n) is 6.28. The molecule has 120 valence electrons. The van der Waals surface area contributed by atoms with Crippen LogP contribution in [0.5, 0.6) is 0 Å².